The molecule has 0 bridgehead atoms. The first-order valence-electron chi connectivity index (χ1n) is 8.56. The first-order valence-corrected chi connectivity index (χ1v) is 8.56. The molecule has 0 radical (unpaired) electrons. The average molecular weight is 373 g/mol. The number of carbonyl (C=O) groups excluding carboxylic acids is 1. The van der Waals surface area contributed by atoms with Crippen LogP contribution in [0.15, 0.2) is 30.5 Å². The number of morpholine rings is 1. The molecule has 2 aromatic rings. The van der Waals surface area contributed by atoms with Gasteiger partial charge in [0.2, 0.25) is 5.75 Å². The van der Waals surface area contributed by atoms with Crippen molar-refractivity contribution in [3.63, 3.8) is 0 Å². The number of nitrogens with zero attached hydrogens (tertiary/aromatic N) is 2. The van der Waals surface area contributed by atoms with Gasteiger partial charge in [0.25, 0.3) is 5.91 Å². The Kier molecular flexibility index (Phi) is 5.97. The maximum atomic E-state index is 12.7. The predicted molar refractivity (Wildman–Crippen MR) is 101 cm³/mol. The molecular weight excluding hydrogens is 350 g/mol. The van der Waals surface area contributed by atoms with Crippen molar-refractivity contribution in [3.05, 3.63) is 36.2 Å². The highest BCUT2D eigenvalue weighted by atomic mass is 16.5. The SMILES string of the molecule is COc1cc(NC(=O)c2cc(N3CCOCC3)ccn2)cc(OC)c1OC. The largest absolute Gasteiger partial charge is 0.493 e. The van der Waals surface area contributed by atoms with E-state index < -0.39 is 0 Å². The molecule has 1 fully saturated rings. The molecule has 1 aromatic carbocycles. The summed E-state index contributed by atoms with van der Waals surface area (Å²) in [4.78, 5) is 19.0. The number of hydrogen-bond donors (Lipinski definition) is 1. The first kappa shape index (κ1) is 18.8. The summed E-state index contributed by atoms with van der Waals surface area (Å²) in [5.41, 5.74) is 1.80. The Morgan fingerprint density at radius 3 is 2.33 bits per heavy atom. The van der Waals surface area contributed by atoms with Crippen molar-refractivity contribution in [2.45, 2.75) is 0 Å². The molecule has 1 aliphatic heterocycles. The molecule has 27 heavy (non-hydrogen) atoms. The molecule has 1 saturated heterocycles. The van der Waals surface area contributed by atoms with Crippen LogP contribution in [0, 0.1) is 0 Å². The maximum absolute atomic E-state index is 12.7. The van der Waals surface area contributed by atoms with Gasteiger partial charge in [0.15, 0.2) is 11.5 Å². The zero-order valence-corrected chi connectivity index (χ0v) is 15.7. The minimum absolute atomic E-state index is 0.320. The third-order valence-electron chi connectivity index (χ3n) is 4.27. The van der Waals surface area contributed by atoms with Crippen molar-refractivity contribution < 1.29 is 23.7 Å². The van der Waals surface area contributed by atoms with Gasteiger partial charge in [0.05, 0.1) is 34.5 Å². The quantitative estimate of drug-likeness (QED) is 0.831. The monoisotopic (exact) mass is 373 g/mol. The van der Waals surface area contributed by atoms with Crippen LogP contribution in [0.1, 0.15) is 10.5 Å². The van der Waals surface area contributed by atoms with E-state index >= 15 is 0 Å². The smallest absolute Gasteiger partial charge is 0.274 e. The van der Waals surface area contributed by atoms with Crippen molar-refractivity contribution in [2.75, 3.05) is 57.8 Å². The Bertz CT molecular complexity index is 781. The summed E-state index contributed by atoms with van der Waals surface area (Å²) in [5.74, 6) is 1.06. The number of hydrogen-bond acceptors (Lipinski definition) is 7. The van der Waals surface area contributed by atoms with Crippen LogP contribution in [0.25, 0.3) is 0 Å². The van der Waals surface area contributed by atoms with Crippen LogP contribution in [0.4, 0.5) is 11.4 Å². The van der Waals surface area contributed by atoms with Gasteiger partial charge in [-0.3, -0.25) is 9.78 Å². The summed E-state index contributed by atoms with van der Waals surface area (Å²) < 4.78 is 21.3. The zero-order valence-electron chi connectivity index (χ0n) is 15.7. The number of anilines is 2. The number of nitrogens with one attached hydrogen (secondary N) is 1. The summed E-state index contributed by atoms with van der Waals surface area (Å²) in [6.07, 6.45) is 1.63. The number of pyridine rings is 1. The highest BCUT2D eigenvalue weighted by Gasteiger charge is 2.17. The molecule has 144 valence electrons. The molecule has 0 atom stereocenters. The molecular formula is C19H23N3O5. The van der Waals surface area contributed by atoms with Gasteiger partial charge in [0, 0.05) is 42.8 Å². The molecule has 3 rings (SSSR count). The lowest BCUT2D eigenvalue weighted by Crippen LogP contribution is -2.36. The number of ether oxygens (including phenoxy) is 4. The predicted octanol–water partition coefficient (Wildman–Crippen LogP) is 2.20. The van der Waals surface area contributed by atoms with E-state index in [9.17, 15) is 4.79 Å². The zero-order chi connectivity index (χ0) is 19.2. The fraction of sp³-hybridized carbons (Fsp3) is 0.368. The van der Waals surface area contributed by atoms with Crippen LogP contribution in [0.2, 0.25) is 0 Å². The first-order chi connectivity index (χ1) is 13.2. The van der Waals surface area contributed by atoms with E-state index in [0.29, 0.717) is 41.8 Å². The molecule has 1 aliphatic rings. The van der Waals surface area contributed by atoms with Gasteiger partial charge in [-0.2, -0.15) is 0 Å². The molecule has 1 amide bonds. The van der Waals surface area contributed by atoms with Gasteiger partial charge < -0.3 is 29.2 Å². The highest BCUT2D eigenvalue weighted by Crippen LogP contribution is 2.40. The third-order valence-corrected chi connectivity index (χ3v) is 4.27. The molecule has 0 spiro atoms. The van der Waals surface area contributed by atoms with Gasteiger partial charge in [0.1, 0.15) is 5.69 Å². The molecule has 0 unspecified atom stereocenters. The molecule has 0 aliphatic carbocycles. The second kappa shape index (κ2) is 8.59. The molecule has 8 nitrogen and oxygen atoms in total. The van der Waals surface area contributed by atoms with Crippen molar-refractivity contribution in [2.24, 2.45) is 0 Å². The fourth-order valence-corrected chi connectivity index (χ4v) is 2.91. The lowest BCUT2D eigenvalue weighted by atomic mass is 10.2. The molecule has 1 N–H and O–H groups in total. The van der Waals surface area contributed by atoms with Crippen LogP contribution >= 0.6 is 0 Å². The minimum Gasteiger partial charge on any atom is -0.493 e. The molecule has 0 saturated carbocycles. The topological polar surface area (TPSA) is 82.2 Å². The maximum Gasteiger partial charge on any atom is 0.274 e. The Morgan fingerprint density at radius 1 is 1.07 bits per heavy atom. The van der Waals surface area contributed by atoms with E-state index in [1.807, 2.05) is 6.07 Å². The summed E-state index contributed by atoms with van der Waals surface area (Å²) in [7, 11) is 4.58. The number of carbonyl (C=O) groups is 1. The van der Waals surface area contributed by atoms with Crippen LogP contribution in [0.5, 0.6) is 17.2 Å². The van der Waals surface area contributed by atoms with E-state index in [1.54, 1.807) is 24.4 Å². The normalized spacial score (nSPS) is 13.8. The van der Waals surface area contributed by atoms with Crippen molar-refractivity contribution in [1.29, 1.82) is 0 Å². The van der Waals surface area contributed by atoms with Crippen LogP contribution < -0.4 is 24.4 Å². The van der Waals surface area contributed by atoms with Gasteiger partial charge in [-0.25, -0.2) is 0 Å². The molecule has 2 heterocycles. The van der Waals surface area contributed by atoms with Gasteiger partial charge in [-0.15, -0.1) is 0 Å². The van der Waals surface area contributed by atoms with Gasteiger partial charge in [-0.05, 0) is 12.1 Å². The highest BCUT2D eigenvalue weighted by molar-refractivity contribution is 6.03. The number of benzene rings is 1. The molecule has 1 aromatic heterocycles. The van der Waals surface area contributed by atoms with E-state index in [1.165, 1.54) is 21.3 Å². The fourth-order valence-electron chi connectivity index (χ4n) is 2.91. The Hall–Kier alpha value is -3.00. The Morgan fingerprint density at radius 2 is 1.74 bits per heavy atom. The average Bonchev–Trinajstić information content (AvgIpc) is 2.73. The number of rotatable bonds is 6. The second-order valence-corrected chi connectivity index (χ2v) is 5.87. The van der Waals surface area contributed by atoms with Crippen molar-refractivity contribution >= 4 is 17.3 Å². The molecule has 8 heteroatoms. The van der Waals surface area contributed by atoms with E-state index in [4.69, 9.17) is 18.9 Å². The number of amides is 1. The van der Waals surface area contributed by atoms with Crippen LogP contribution in [0.3, 0.4) is 0 Å². The number of methoxy groups -OCH3 is 3. The summed E-state index contributed by atoms with van der Waals surface area (Å²) in [5, 5.41) is 2.83. The van der Waals surface area contributed by atoms with E-state index in [2.05, 4.69) is 15.2 Å². The summed E-state index contributed by atoms with van der Waals surface area (Å²) in [6.45, 7) is 2.93. The summed E-state index contributed by atoms with van der Waals surface area (Å²) >= 11 is 0. The lowest BCUT2D eigenvalue weighted by molar-refractivity contribution is 0.102. The van der Waals surface area contributed by atoms with E-state index in [-0.39, 0.29) is 5.91 Å². The third kappa shape index (κ3) is 4.22. The van der Waals surface area contributed by atoms with Crippen molar-refractivity contribution in [3.8, 4) is 17.2 Å². The van der Waals surface area contributed by atoms with Gasteiger partial charge >= 0.3 is 0 Å². The minimum atomic E-state index is -0.320. The summed E-state index contributed by atoms with van der Waals surface area (Å²) in [6, 6.07) is 7.01. The van der Waals surface area contributed by atoms with Crippen LogP contribution in [-0.4, -0.2) is 58.5 Å². The Balaban J connectivity index is 1.81. The Labute approximate surface area is 158 Å². The van der Waals surface area contributed by atoms with Gasteiger partial charge in [-0.1, -0.05) is 0 Å². The number of aromatic nitrogens is 1. The second-order valence-electron chi connectivity index (χ2n) is 5.87. The van der Waals surface area contributed by atoms with Crippen LogP contribution in [-0.2, 0) is 4.74 Å². The standard InChI is InChI=1S/C19H23N3O5/c1-24-16-10-13(11-17(25-2)18(16)26-3)21-19(23)15-12-14(4-5-20-15)22-6-8-27-9-7-22/h4-5,10-12H,6-9H2,1-3H3,(H,21,23). The van der Waals surface area contributed by atoms with E-state index in [0.717, 1.165) is 18.8 Å². The van der Waals surface area contributed by atoms with Crippen molar-refractivity contribution in [1.82, 2.24) is 4.98 Å². The lowest BCUT2D eigenvalue weighted by Gasteiger charge is -2.28.